The van der Waals surface area contributed by atoms with Crippen LogP contribution in [0.2, 0.25) is 0 Å². The molecule has 0 aromatic heterocycles. The molecule has 1 N–H and O–H groups in total. The van der Waals surface area contributed by atoms with Gasteiger partial charge in [0.25, 0.3) is 0 Å². The van der Waals surface area contributed by atoms with Gasteiger partial charge in [0.2, 0.25) is 0 Å². The summed E-state index contributed by atoms with van der Waals surface area (Å²) in [6.07, 6.45) is 2.82. The van der Waals surface area contributed by atoms with Gasteiger partial charge in [-0.2, -0.15) is 0 Å². The normalized spacial score (nSPS) is 20.0. The number of anilines is 1. The monoisotopic (exact) mass is 290 g/mol. The maximum absolute atomic E-state index is 11.9. The zero-order valence-corrected chi connectivity index (χ0v) is 13.5. The van der Waals surface area contributed by atoms with Crippen LogP contribution < -0.4 is 10.2 Å². The van der Waals surface area contributed by atoms with Crippen LogP contribution in [-0.2, 0) is 16.0 Å². The van der Waals surface area contributed by atoms with Gasteiger partial charge >= 0.3 is 5.97 Å². The van der Waals surface area contributed by atoms with Crippen molar-refractivity contribution in [3.63, 3.8) is 0 Å². The van der Waals surface area contributed by atoms with Crippen LogP contribution in [0.25, 0.3) is 0 Å². The van der Waals surface area contributed by atoms with Gasteiger partial charge < -0.3 is 15.0 Å². The van der Waals surface area contributed by atoms with E-state index in [0.717, 1.165) is 25.8 Å². The van der Waals surface area contributed by atoms with Crippen LogP contribution in [0.1, 0.15) is 32.3 Å². The molecule has 2 rings (SSSR count). The largest absolute Gasteiger partial charge is 0.468 e. The Labute approximate surface area is 127 Å². The number of carbonyl (C=O) groups is 1. The van der Waals surface area contributed by atoms with E-state index in [2.05, 4.69) is 41.4 Å². The van der Waals surface area contributed by atoms with Crippen molar-refractivity contribution in [3.8, 4) is 0 Å². The highest BCUT2D eigenvalue weighted by Crippen LogP contribution is 2.32. The summed E-state index contributed by atoms with van der Waals surface area (Å²) in [5, 5.41) is 3.09. The number of benzene rings is 1. The van der Waals surface area contributed by atoms with E-state index in [1.54, 1.807) is 0 Å². The molecule has 0 spiro atoms. The predicted octanol–water partition coefficient (Wildman–Crippen LogP) is 2.37. The molecule has 116 valence electrons. The van der Waals surface area contributed by atoms with E-state index in [0.29, 0.717) is 6.04 Å². The van der Waals surface area contributed by atoms with Gasteiger partial charge in [0, 0.05) is 18.3 Å². The Kier molecular flexibility index (Phi) is 4.88. The topological polar surface area (TPSA) is 41.6 Å². The summed E-state index contributed by atoms with van der Waals surface area (Å²) >= 11 is 0. The summed E-state index contributed by atoms with van der Waals surface area (Å²) in [5.41, 5.74) is 2.17. The maximum atomic E-state index is 11.9. The third-order valence-corrected chi connectivity index (χ3v) is 4.61. The second-order valence-electron chi connectivity index (χ2n) is 6.05. The van der Waals surface area contributed by atoms with Crippen molar-refractivity contribution >= 4 is 11.7 Å². The zero-order chi connectivity index (χ0) is 15.5. The van der Waals surface area contributed by atoms with Gasteiger partial charge in [-0.1, -0.05) is 18.2 Å². The van der Waals surface area contributed by atoms with Crippen molar-refractivity contribution in [1.29, 1.82) is 0 Å². The summed E-state index contributed by atoms with van der Waals surface area (Å²) in [6, 6.07) is 9.12. The third-order valence-electron chi connectivity index (χ3n) is 4.61. The molecule has 1 aliphatic heterocycles. The number of hydrogen-bond acceptors (Lipinski definition) is 4. The second kappa shape index (κ2) is 6.48. The highest BCUT2D eigenvalue weighted by atomic mass is 16.5. The standard InChI is InChI=1S/C17H26N2O2/c1-13-12-14-8-5-6-9-15(14)19(13)11-7-10-17(2,18-3)16(20)21-4/h5-6,8-9,13,18H,7,10-12H2,1-4H3. The first-order chi connectivity index (χ1) is 10.0. The Morgan fingerprint density at radius 3 is 2.86 bits per heavy atom. The second-order valence-corrected chi connectivity index (χ2v) is 6.05. The Morgan fingerprint density at radius 2 is 2.19 bits per heavy atom. The van der Waals surface area contributed by atoms with E-state index < -0.39 is 5.54 Å². The molecule has 0 aliphatic carbocycles. The fourth-order valence-corrected chi connectivity index (χ4v) is 3.13. The number of esters is 1. The van der Waals surface area contributed by atoms with Crippen molar-refractivity contribution in [2.24, 2.45) is 0 Å². The summed E-state index contributed by atoms with van der Waals surface area (Å²) in [4.78, 5) is 14.3. The first-order valence-corrected chi connectivity index (χ1v) is 7.63. The summed E-state index contributed by atoms with van der Waals surface area (Å²) in [7, 11) is 3.25. The summed E-state index contributed by atoms with van der Waals surface area (Å²) < 4.78 is 4.89. The average molecular weight is 290 g/mol. The number of nitrogens with one attached hydrogen (secondary N) is 1. The smallest absolute Gasteiger partial charge is 0.325 e. The molecule has 1 heterocycles. The van der Waals surface area contributed by atoms with Crippen LogP contribution in [0.5, 0.6) is 0 Å². The number of hydrogen-bond donors (Lipinski definition) is 1. The van der Waals surface area contributed by atoms with E-state index in [4.69, 9.17) is 4.74 Å². The molecule has 0 saturated heterocycles. The number of carbonyl (C=O) groups excluding carboxylic acids is 1. The van der Waals surface area contributed by atoms with Crippen molar-refractivity contribution in [2.45, 2.75) is 44.7 Å². The molecule has 0 radical (unpaired) electrons. The van der Waals surface area contributed by atoms with Crippen molar-refractivity contribution in [1.82, 2.24) is 5.32 Å². The molecular weight excluding hydrogens is 264 g/mol. The van der Waals surface area contributed by atoms with E-state index in [-0.39, 0.29) is 5.97 Å². The number of nitrogens with zero attached hydrogens (tertiary/aromatic N) is 1. The van der Waals surface area contributed by atoms with Crippen LogP contribution in [-0.4, -0.2) is 38.3 Å². The minimum atomic E-state index is -0.600. The molecule has 0 saturated carbocycles. The quantitative estimate of drug-likeness (QED) is 0.817. The molecule has 4 nitrogen and oxygen atoms in total. The van der Waals surface area contributed by atoms with Gasteiger partial charge in [0.15, 0.2) is 0 Å². The van der Waals surface area contributed by atoms with Gasteiger partial charge in [-0.15, -0.1) is 0 Å². The van der Waals surface area contributed by atoms with Crippen LogP contribution in [0.4, 0.5) is 5.69 Å². The van der Waals surface area contributed by atoms with Crippen LogP contribution >= 0.6 is 0 Å². The molecule has 0 fully saturated rings. The SMILES string of the molecule is CNC(C)(CCCN1c2ccccc2CC1C)C(=O)OC. The molecule has 4 heteroatoms. The van der Waals surface area contributed by atoms with Gasteiger partial charge in [0.1, 0.15) is 5.54 Å². The van der Waals surface area contributed by atoms with Crippen molar-refractivity contribution in [2.75, 3.05) is 25.6 Å². The van der Waals surface area contributed by atoms with Crippen molar-refractivity contribution in [3.05, 3.63) is 29.8 Å². The maximum Gasteiger partial charge on any atom is 0.325 e. The molecule has 2 atom stereocenters. The summed E-state index contributed by atoms with van der Waals surface area (Å²) in [5.74, 6) is -0.195. The highest BCUT2D eigenvalue weighted by molar-refractivity contribution is 5.80. The number of methoxy groups -OCH3 is 1. The highest BCUT2D eigenvalue weighted by Gasteiger charge is 2.33. The van der Waals surface area contributed by atoms with E-state index in [1.165, 1.54) is 18.4 Å². The molecule has 1 aromatic rings. The molecule has 21 heavy (non-hydrogen) atoms. The third kappa shape index (κ3) is 3.21. The lowest BCUT2D eigenvalue weighted by Crippen LogP contribution is -2.48. The van der Waals surface area contributed by atoms with Gasteiger partial charge in [-0.3, -0.25) is 4.79 Å². The van der Waals surface area contributed by atoms with Crippen LogP contribution in [0, 0.1) is 0 Å². The first kappa shape index (κ1) is 15.8. The van der Waals surface area contributed by atoms with Gasteiger partial charge in [-0.05, 0) is 51.8 Å². The van der Waals surface area contributed by atoms with Crippen molar-refractivity contribution < 1.29 is 9.53 Å². The van der Waals surface area contributed by atoms with Crippen LogP contribution in [0.15, 0.2) is 24.3 Å². The number of para-hydroxylation sites is 1. The Balaban J connectivity index is 1.96. The first-order valence-electron chi connectivity index (χ1n) is 7.63. The molecule has 0 bridgehead atoms. The van der Waals surface area contributed by atoms with Gasteiger partial charge in [-0.25, -0.2) is 0 Å². The molecule has 1 aromatic carbocycles. The van der Waals surface area contributed by atoms with E-state index >= 15 is 0 Å². The average Bonchev–Trinajstić information content (AvgIpc) is 2.82. The number of rotatable bonds is 6. The zero-order valence-electron chi connectivity index (χ0n) is 13.5. The minimum Gasteiger partial charge on any atom is -0.468 e. The molecule has 1 aliphatic rings. The fourth-order valence-electron chi connectivity index (χ4n) is 3.13. The molecule has 2 unspecified atom stereocenters. The van der Waals surface area contributed by atoms with Crippen LogP contribution in [0.3, 0.4) is 0 Å². The fraction of sp³-hybridized carbons (Fsp3) is 0.588. The minimum absolute atomic E-state index is 0.195. The van der Waals surface area contributed by atoms with E-state index in [9.17, 15) is 4.79 Å². The lowest BCUT2D eigenvalue weighted by molar-refractivity contribution is -0.148. The summed E-state index contributed by atoms with van der Waals surface area (Å²) in [6.45, 7) is 5.13. The van der Waals surface area contributed by atoms with Gasteiger partial charge in [0.05, 0.1) is 7.11 Å². The molecule has 0 amide bonds. The lowest BCUT2D eigenvalue weighted by Gasteiger charge is -2.29. The Bertz CT molecular complexity index is 503. The Hall–Kier alpha value is -1.55. The number of likely N-dealkylation sites (N-methyl/N-ethyl adjacent to an activating group) is 1. The molecular formula is C17H26N2O2. The van der Waals surface area contributed by atoms with E-state index in [1.807, 2.05) is 14.0 Å². The predicted molar refractivity (Wildman–Crippen MR) is 85.7 cm³/mol. The number of ether oxygens (including phenoxy) is 1. The lowest BCUT2D eigenvalue weighted by atomic mass is 9.96. The number of fused-ring (bicyclic) bond motifs is 1. The Morgan fingerprint density at radius 1 is 1.48 bits per heavy atom.